The summed E-state index contributed by atoms with van der Waals surface area (Å²) in [6, 6.07) is 7.50. The molecule has 1 aromatic heterocycles. The summed E-state index contributed by atoms with van der Waals surface area (Å²) in [6.45, 7) is 2.05. The quantitative estimate of drug-likeness (QED) is 0.749. The van der Waals surface area contributed by atoms with E-state index in [4.69, 9.17) is 4.74 Å². The third-order valence-electron chi connectivity index (χ3n) is 4.05. The van der Waals surface area contributed by atoms with Gasteiger partial charge in [0, 0.05) is 18.8 Å². The minimum absolute atomic E-state index is 0.00490. The maximum absolute atomic E-state index is 12.4. The number of carbonyl (C=O) groups excluding carboxylic acids is 2. The monoisotopic (exact) mass is 357 g/mol. The summed E-state index contributed by atoms with van der Waals surface area (Å²) < 4.78 is 6.48. The van der Waals surface area contributed by atoms with E-state index in [1.165, 1.54) is 7.11 Å². The largest absolute Gasteiger partial charge is 0.375 e. The molecule has 138 valence electrons. The van der Waals surface area contributed by atoms with Crippen molar-refractivity contribution in [1.82, 2.24) is 20.3 Å². The van der Waals surface area contributed by atoms with E-state index in [1.54, 1.807) is 16.8 Å². The molecule has 3 rings (SSSR count). The fourth-order valence-corrected chi connectivity index (χ4v) is 2.64. The molecule has 0 spiro atoms. The van der Waals surface area contributed by atoms with Gasteiger partial charge < -0.3 is 15.4 Å². The minimum atomic E-state index is -0.216. The Balaban J connectivity index is 1.80. The molecule has 1 aliphatic rings. The molecule has 0 bridgehead atoms. The Morgan fingerprint density at radius 2 is 2.00 bits per heavy atom. The maximum atomic E-state index is 12.4. The molecule has 26 heavy (non-hydrogen) atoms. The molecule has 0 aliphatic heterocycles. The first-order chi connectivity index (χ1) is 12.6. The summed E-state index contributed by atoms with van der Waals surface area (Å²) in [6.07, 6.45) is 3.63. The van der Waals surface area contributed by atoms with E-state index in [1.807, 2.05) is 19.1 Å². The van der Waals surface area contributed by atoms with Crippen LogP contribution in [0, 0.1) is 0 Å². The van der Waals surface area contributed by atoms with Gasteiger partial charge >= 0.3 is 0 Å². The minimum Gasteiger partial charge on any atom is -0.375 e. The zero-order valence-corrected chi connectivity index (χ0v) is 15.0. The van der Waals surface area contributed by atoms with Gasteiger partial charge in [0.15, 0.2) is 5.69 Å². The van der Waals surface area contributed by atoms with Crippen LogP contribution in [0.25, 0.3) is 5.69 Å². The Labute approximate surface area is 151 Å². The third-order valence-corrected chi connectivity index (χ3v) is 4.05. The SMILES string of the molecule is CCCc1c(C(=O)NC2CC2)nnn1-c1ccc(NC(=O)COC)cc1. The molecule has 8 nitrogen and oxygen atoms in total. The van der Waals surface area contributed by atoms with Crippen LogP contribution in [0.5, 0.6) is 0 Å². The Kier molecular flexibility index (Phi) is 5.62. The van der Waals surface area contributed by atoms with E-state index in [0.717, 1.165) is 30.6 Å². The van der Waals surface area contributed by atoms with E-state index >= 15 is 0 Å². The first kappa shape index (κ1) is 18.1. The lowest BCUT2D eigenvalue weighted by Crippen LogP contribution is -2.27. The van der Waals surface area contributed by atoms with Crippen molar-refractivity contribution < 1.29 is 14.3 Å². The highest BCUT2D eigenvalue weighted by atomic mass is 16.5. The van der Waals surface area contributed by atoms with Gasteiger partial charge in [0.05, 0.1) is 11.4 Å². The Morgan fingerprint density at radius 1 is 1.27 bits per heavy atom. The second-order valence-electron chi connectivity index (χ2n) is 6.32. The van der Waals surface area contributed by atoms with Crippen LogP contribution in [-0.2, 0) is 16.0 Å². The molecule has 0 unspecified atom stereocenters. The van der Waals surface area contributed by atoms with Crippen LogP contribution in [0.15, 0.2) is 24.3 Å². The number of amides is 2. The molecule has 2 aromatic rings. The molecule has 1 aromatic carbocycles. The van der Waals surface area contributed by atoms with Crippen molar-refractivity contribution in [3.05, 3.63) is 35.7 Å². The number of anilines is 1. The van der Waals surface area contributed by atoms with Crippen molar-refractivity contribution in [2.75, 3.05) is 19.0 Å². The molecule has 1 aliphatic carbocycles. The lowest BCUT2D eigenvalue weighted by atomic mass is 10.2. The molecule has 0 atom stereocenters. The van der Waals surface area contributed by atoms with Crippen molar-refractivity contribution >= 4 is 17.5 Å². The first-order valence-corrected chi connectivity index (χ1v) is 8.77. The predicted molar refractivity (Wildman–Crippen MR) is 96.3 cm³/mol. The summed E-state index contributed by atoms with van der Waals surface area (Å²) in [4.78, 5) is 24.0. The fraction of sp³-hybridized carbons (Fsp3) is 0.444. The average Bonchev–Trinajstić information content (AvgIpc) is 3.33. The number of benzene rings is 1. The van der Waals surface area contributed by atoms with Gasteiger partial charge in [-0.1, -0.05) is 18.6 Å². The zero-order chi connectivity index (χ0) is 18.5. The summed E-state index contributed by atoms with van der Waals surface area (Å²) in [5, 5.41) is 14.0. The molecule has 1 fully saturated rings. The highest BCUT2D eigenvalue weighted by Gasteiger charge is 2.27. The van der Waals surface area contributed by atoms with E-state index in [9.17, 15) is 9.59 Å². The smallest absolute Gasteiger partial charge is 0.273 e. The second-order valence-corrected chi connectivity index (χ2v) is 6.32. The van der Waals surface area contributed by atoms with Crippen molar-refractivity contribution in [3.8, 4) is 5.69 Å². The van der Waals surface area contributed by atoms with Crippen molar-refractivity contribution in [3.63, 3.8) is 0 Å². The fourth-order valence-electron chi connectivity index (χ4n) is 2.64. The van der Waals surface area contributed by atoms with Crippen molar-refractivity contribution in [2.24, 2.45) is 0 Å². The van der Waals surface area contributed by atoms with Crippen molar-refractivity contribution in [2.45, 2.75) is 38.6 Å². The number of carbonyl (C=O) groups is 2. The van der Waals surface area contributed by atoms with Gasteiger partial charge in [-0.05, 0) is 43.5 Å². The number of aromatic nitrogens is 3. The van der Waals surface area contributed by atoms with Crippen LogP contribution in [-0.4, -0.2) is 46.6 Å². The molecular formula is C18H23N5O3. The molecule has 8 heteroatoms. The van der Waals surface area contributed by atoms with Gasteiger partial charge in [0.25, 0.3) is 5.91 Å². The Hall–Kier alpha value is -2.74. The first-order valence-electron chi connectivity index (χ1n) is 8.77. The molecule has 0 saturated heterocycles. The van der Waals surface area contributed by atoms with Gasteiger partial charge in [-0.3, -0.25) is 9.59 Å². The lowest BCUT2D eigenvalue weighted by molar-refractivity contribution is -0.119. The van der Waals surface area contributed by atoms with E-state index in [2.05, 4.69) is 20.9 Å². The average molecular weight is 357 g/mol. The standard InChI is InChI=1S/C18H23N5O3/c1-3-4-15-17(18(25)20-13-5-6-13)21-22-23(15)14-9-7-12(8-10-14)19-16(24)11-26-2/h7-10,13H,3-6,11H2,1-2H3,(H,19,24)(H,20,25). The maximum Gasteiger partial charge on any atom is 0.273 e. The number of methoxy groups -OCH3 is 1. The molecule has 2 amide bonds. The van der Waals surface area contributed by atoms with Crippen LogP contribution < -0.4 is 10.6 Å². The van der Waals surface area contributed by atoms with Gasteiger partial charge in [-0.2, -0.15) is 0 Å². The van der Waals surface area contributed by atoms with E-state index in [0.29, 0.717) is 17.8 Å². The Bertz CT molecular complexity index is 781. The Morgan fingerprint density at radius 3 is 2.62 bits per heavy atom. The molecule has 1 saturated carbocycles. The van der Waals surface area contributed by atoms with Crippen LogP contribution >= 0.6 is 0 Å². The summed E-state index contributed by atoms with van der Waals surface area (Å²) in [5.41, 5.74) is 2.63. The second kappa shape index (κ2) is 8.09. The van der Waals surface area contributed by atoms with Gasteiger partial charge in [-0.25, -0.2) is 4.68 Å². The molecule has 0 radical (unpaired) electrons. The number of rotatable bonds is 8. The summed E-state index contributed by atoms with van der Waals surface area (Å²) in [7, 11) is 1.47. The molecule has 2 N–H and O–H groups in total. The van der Waals surface area contributed by atoms with Gasteiger partial charge in [0.1, 0.15) is 6.61 Å². The van der Waals surface area contributed by atoms with Crippen LogP contribution in [0.4, 0.5) is 5.69 Å². The van der Waals surface area contributed by atoms with Gasteiger partial charge in [0.2, 0.25) is 5.91 Å². The number of hydrogen-bond acceptors (Lipinski definition) is 5. The van der Waals surface area contributed by atoms with Crippen LogP contribution in [0.2, 0.25) is 0 Å². The zero-order valence-electron chi connectivity index (χ0n) is 15.0. The third kappa shape index (κ3) is 4.26. The van der Waals surface area contributed by atoms with E-state index in [-0.39, 0.29) is 24.5 Å². The van der Waals surface area contributed by atoms with Crippen molar-refractivity contribution in [1.29, 1.82) is 0 Å². The highest BCUT2D eigenvalue weighted by molar-refractivity contribution is 5.94. The number of hydrogen-bond donors (Lipinski definition) is 2. The normalized spacial score (nSPS) is 13.5. The van der Waals surface area contributed by atoms with Crippen LogP contribution in [0.3, 0.4) is 0 Å². The van der Waals surface area contributed by atoms with Gasteiger partial charge in [-0.15, -0.1) is 5.10 Å². The number of ether oxygens (including phenoxy) is 1. The van der Waals surface area contributed by atoms with Crippen LogP contribution in [0.1, 0.15) is 42.4 Å². The lowest BCUT2D eigenvalue weighted by Gasteiger charge is -2.09. The predicted octanol–water partition coefficient (Wildman–Crippen LogP) is 1.70. The van der Waals surface area contributed by atoms with E-state index < -0.39 is 0 Å². The summed E-state index contributed by atoms with van der Waals surface area (Å²) in [5.74, 6) is -0.377. The topological polar surface area (TPSA) is 98.1 Å². The number of nitrogens with one attached hydrogen (secondary N) is 2. The summed E-state index contributed by atoms with van der Waals surface area (Å²) >= 11 is 0. The highest BCUT2D eigenvalue weighted by Crippen LogP contribution is 2.21. The molecule has 1 heterocycles. The molecular weight excluding hydrogens is 334 g/mol. The number of nitrogens with zero attached hydrogens (tertiary/aromatic N) is 3.